The molecule has 1 unspecified atom stereocenters. The fourth-order valence-corrected chi connectivity index (χ4v) is 2.46. The molecule has 108 valence electrons. The third-order valence-electron chi connectivity index (χ3n) is 3.32. The molecule has 20 heavy (non-hydrogen) atoms. The van der Waals surface area contributed by atoms with E-state index < -0.39 is 6.10 Å². The minimum atomic E-state index is -0.440. The molecular weight excluding hydrogens is 301 g/mol. The minimum absolute atomic E-state index is 0.102. The van der Waals surface area contributed by atoms with Crippen LogP contribution in [0.15, 0.2) is 18.2 Å². The van der Waals surface area contributed by atoms with Crippen molar-refractivity contribution in [3.63, 3.8) is 0 Å². The Hall–Kier alpha value is -1.10. The molecule has 0 bridgehead atoms. The molecule has 1 amide bonds. The molecule has 0 aromatic heterocycles. The van der Waals surface area contributed by atoms with Gasteiger partial charge in [-0.2, -0.15) is 0 Å². The maximum Gasteiger partial charge on any atom is 0.223 e. The van der Waals surface area contributed by atoms with Gasteiger partial charge in [0.2, 0.25) is 5.91 Å². The smallest absolute Gasteiger partial charge is 0.223 e. The van der Waals surface area contributed by atoms with E-state index in [1.54, 1.807) is 17.0 Å². The Bertz CT molecular complexity index is 533. The van der Waals surface area contributed by atoms with Crippen LogP contribution >= 0.6 is 23.2 Å². The van der Waals surface area contributed by atoms with Crippen LogP contribution in [0.3, 0.4) is 0 Å². The molecule has 0 aliphatic carbocycles. The molecule has 1 aliphatic rings. The number of Topliss-reactive ketones (excluding diaryl/α,β-unsaturated/α-hetero) is 1. The van der Waals surface area contributed by atoms with Crippen LogP contribution in [0.4, 0.5) is 0 Å². The summed E-state index contributed by atoms with van der Waals surface area (Å²) in [5.74, 6) is -0.244. The number of hydrogen-bond acceptors (Lipinski definition) is 3. The average molecular weight is 316 g/mol. The Labute approximate surface area is 127 Å². The highest BCUT2D eigenvalue weighted by Crippen LogP contribution is 2.23. The topological polar surface area (TPSA) is 57.6 Å². The van der Waals surface area contributed by atoms with Crippen molar-refractivity contribution in [1.82, 2.24) is 4.90 Å². The van der Waals surface area contributed by atoms with E-state index in [-0.39, 0.29) is 24.5 Å². The number of likely N-dealkylation sites (tertiary alicyclic amines) is 1. The Balaban J connectivity index is 1.88. The van der Waals surface area contributed by atoms with Gasteiger partial charge in [-0.05, 0) is 24.6 Å². The highest BCUT2D eigenvalue weighted by molar-refractivity contribution is 6.42. The van der Waals surface area contributed by atoms with E-state index in [0.717, 1.165) is 0 Å². The van der Waals surface area contributed by atoms with Crippen molar-refractivity contribution in [3.8, 4) is 0 Å². The van der Waals surface area contributed by atoms with Crippen LogP contribution in [-0.4, -0.2) is 40.9 Å². The zero-order chi connectivity index (χ0) is 14.7. The maximum atomic E-state index is 12.0. The number of ketones is 1. The number of nitrogens with zero attached hydrogens (tertiary/aromatic N) is 1. The second-order valence-electron chi connectivity index (χ2n) is 4.83. The molecule has 1 aliphatic heterocycles. The van der Waals surface area contributed by atoms with Crippen LogP contribution in [0.2, 0.25) is 10.0 Å². The van der Waals surface area contributed by atoms with Crippen molar-refractivity contribution in [2.75, 3.05) is 13.1 Å². The van der Waals surface area contributed by atoms with Crippen molar-refractivity contribution in [2.24, 2.45) is 0 Å². The number of carbonyl (C=O) groups excluding carboxylic acids is 2. The molecular formula is C14H15Cl2NO3. The quantitative estimate of drug-likeness (QED) is 0.869. The summed E-state index contributed by atoms with van der Waals surface area (Å²) in [6.07, 6.45) is 0.437. The predicted octanol–water partition coefficient (Wildman–Crippen LogP) is 2.55. The predicted molar refractivity (Wildman–Crippen MR) is 77.2 cm³/mol. The molecule has 1 atom stereocenters. The van der Waals surface area contributed by atoms with Gasteiger partial charge in [-0.25, -0.2) is 0 Å². The van der Waals surface area contributed by atoms with Crippen LogP contribution in [0.5, 0.6) is 0 Å². The zero-order valence-corrected chi connectivity index (χ0v) is 12.3. The van der Waals surface area contributed by atoms with Gasteiger partial charge in [0, 0.05) is 31.5 Å². The first-order chi connectivity index (χ1) is 9.47. The highest BCUT2D eigenvalue weighted by Gasteiger charge is 2.24. The monoisotopic (exact) mass is 315 g/mol. The summed E-state index contributed by atoms with van der Waals surface area (Å²) in [7, 11) is 0. The largest absolute Gasteiger partial charge is 0.391 e. The number of amides is 1. The van der Waals surface area contributed by atoms with Crippen molar-refractivity contribution < 1.29 is 14.7 Å². The molecule has 2 rings (SSSR count). The normalized spacial score (nSPS) is 18.4. The number of halogens is 2. The molecule has 4 nitrogen and oxygen atoms in total. The SMILES string of the molecule is O=C(CCC(=O)N1CCC(O)C1)c1ccc(Cl)c(Cl)c1. The highest BCUT2D eigenvalue weighted by atomic mass is 35.5. The first-order valence-electron chi connectivity index (χ1n) is 6.41. The molecule has 6 heteroatoms. The van der Waals surface area contributed by atoms with Crippen LogP contribution in [-0.2, 0) is 4.79 Å². The maximum absolute atomic E-state index is 12.0. The lowest BCUT2D eigenvalue weighted by Crippen LogP contribution is -2.29. The molecule has 1 aromatic rings. The van der Waals surface area contributed by atoms with Gasteiger partial charge in [0.05, 0.1) is 16.1 Å². The summed E-state index contributed by atoms with van der Waals surface area (Å²) in [6.45, 7) is 0.917. The summed E-state index contributed by atoms with van der Waals surface area (Å²) in [6, 6.07) is 4.67. The zero-order valence-electron chi connectivity index (χ0n) is 10.8. The lowest BCUT2D eigenvalue weighted by Gasteiger charge is -2.15. The van der Waals surface area contributed by atoms with Crippen LogP contribution in [0, 0.1) is 0 Å². The molecule has 0 saturated carbocycles. The number of aliphatic hydroxyl groups excluding tert-OH is 1. The molecule has 1 saturated heterocycles. The first kappa shape index (κ1) is 15.3. The molecule has 1 fully saturated rings. The van der Waals surface area contributed by atoms with Crippen molar-refractivity contribution in [1.29, 1.82) is 0 Å². The number of hydrogen-bond donors (Lipinski definition) is 1. The van der Waals surface area contributed by atoms with Crippen LogP contribution < -0.4 is 0 Å². The summed E-state index contributed by atoms with van der Waals surface area (Å²) in [4.78, 5) is 25.4. The van der Waals surface area contributed by atoms with E-state index in [9.17, 15) is 14.7 Å². The number of carbonyl (C=O) groups is 2. The van der Waals surface area contributed by atoms with E-state index in [2.05, 4.69) is 0 Å². The van der Waals surface area contributed by atoms with Crippen molar-refractivity contribution in [2.45, 2.75) is 25.4 Å². The molecule has 0 spiro atoms. The Morgan fingerprint density at radius 3 is 2.60 bits per heavy atom. The Kier molecular flexibility index (Phi) is 5.02. The van der Waals surface area contributed by atoms with Gasteiger partial charge in [-0.3, -0.25) is 9.59 Å². The number of rotatable bonds is 4. The lowest BCUT2D eigenvalue weighted by molar-refractivity contribution is -0.130. The van der Waals surface area contributed by atoms with Crippen LogP contribution in [0.1, 0.15) is 29.6 Å². The van der Waals surface area contributed by atoms with E-state index >= 15 is 0 Å². The fourth-order valence-electron chi connectivity index (χ4n) is 2.16. The third-order valence-corrected chi connectivity index (χ3v) is 4.06. The average Bonchev–Trinajstić information content (AvgIpc) is 2.85. The van der Waals surface area contributed by atoms with Gasteiger partial charge < -0.3 is 10.0 Å². The lowest BCUT2D eigenvalue weighted by atomic mass is 10.1. The van der Waals surface area contributed by atoms with E-state index in [1.165, 1.54) is 6.07 Å². The van der Waals surface area contributed by atoms with Gasteiger partial charge in [0.15, 0.2) is 5.78 Å². The third kappa shape index (κ3) is 3.72. The molecule has 1 heterocycles. The number of β-amino-alcohol motifs (C(OH)–C–C–N with tert-alkyl or cyclic N) is 1. The second kappa shape index (κ2) is 6.57. The number of benzene rings is 1. The fraction of sp³-hybridized carbons (Fsp3) is 0.429. The van der Waals surface area contributed by atoms with E-state index in [4.69, 9.17) is 23.2 Å². The summed E-state index contributed by atoms with van der Waals surface area (Å²) in [5, 5.41) is 10.1. The minimum Gasteiger partial charge on any atom is -0.391 e. The van der Waals surface area contributed by atoms with Gasteiger partial charge in [-0.15, -0.1) is 0 Å². The van der Waals surface area contributed by atoms with E-state index in [1.807, 2.05) is 0 Å². The van der Waals surface area contributed by atoms with Gasteiger partial charge >= 0.3 is 0 Å². The Morgan fingerprint density at radius 1 is 1.25 bits per heavy atom. The summed E-state index contributed by atoms with van der Waals surface area (Å²) < 4.78 is 0. The van der Waals surface area contributed by atoms with Crippen molar-refractivity contribution >= 4 is 34.9 Å². The molecule has 0 radical (unpaired) electrons. The molecule has 1 aromatic carbocycles. The molecule has 1 N–H and O–H groups in total. The second-order valence-corrected chi connectivity index (χ2v) is 5.65. The standard InChI is InChI=1S/C14H15Cl2NO3/c15-11-2-1-9(7-12(11)16)13(19)3-4-14(20)17-6-5-10(18)8-17/h1-2,7,10,18H,3-6,8H2. The first-order valence-corrected chi connectivity index (χ1v) is 7.17. The summed E-state index contributed by atoms with van der Waals surface area (Å²) >= 11 is 11.6. The summed E-state index contributed by atoms with van der Waals surface area (Å²) in [5.41, 5.74) is 0.452. The Morgan fingerprint density at radius 2 is 2.00 bits per heavy atom. The number of aliphatic hydroxyl groups is 1. The van der Waals surface area contributed by atoms with Crippen molar-refractivity contribution in [3.05, 3.63) is 33.8 Å². The van der Waals surface area contributed by atoms with Crippen LogP contribution in [0.25, 0.3) is 0 Å². The van der Waals surface area contributed by atoms with Gasteiger partial charge in [-0.1, -0.05) is 23.2 Å². The van der Waals surface area contributed by atoms with Gasteiger partial charge in [0.1, 0.15) is 0 Å². The van der Waals surface area contributed by atoms with Gasteiger partial charge in [0.25, 0.3) is 0 Å². The van der Waals surface area contributed by atoms with E-state index in [0.29, 0.717) is 35.1 Å².